The summed E-state index contributed by atoms with van der Waals surface area (Å²) in [5.41, 5.74) is 3.10. The predicted molar refractivity (Wildman–Crippen MR) is 96.8 cm³/mol. The molecule has 1 heterocycles. The molecule has 0 aliphatic rings. The molecule has 130 valence electrons. The van der Waals surface area contributed by atoms with Crippen molar-refractivity contribution in [1.82, 2.24) is 14.9 Å². The average Bonchev–Trinajstić information content (AvgIpc) is 2.93. The van der Waals surface area contributed by atoms with E-state index in [0.717, 1.165) is 35.4 Å². The van der Waals surface area contributed by atoms with Crippen LogP contribution in [0.2, 0.25) is 0 Å². The van der Waals surface area contributed by atoms with Crippen LogP contribution in [-0.2, 0) is 17.8 Å². The quantitative estimate of drug-likeness (QED) is 0.668. The molecule has 25 heavy (non-hydrogen) atoms. The first-order valence-corrected chi connectivity index (χ1v) is 8.56. The van der Waals surface area contributed by atoms with Crippen molar-refractivity contribution in [1.29, 1.82) is 0 Å². The lowest BCUT2D eigenvalue weighted by molar-refractivity contribution is -0.121. The Balaban J connectivity index is 1.42. The summed E-state index contributed by atoms with van der Waals surface area (Å²) in [6.45, 7) is 3.46. The molecular formula is C20H22FN3O. The van der Waals surface area contributed by atoms with Gasteiger partial charge in [0.1, 0.15) is 11.6 Å². The summed E-state index contributed by atoms with van der Waals surface area (Å²) in [6, 6.07) is 14.4. The van der Waals surface area contributed by atoms with Gasteiger partial charge in [-0.3, -0.25) is 4.79 Å². The molecule has 4 nitrogen and oxygen atoms in total. The molecule has 0 fully saturated rings. The summed E-state index contributed by atoms with van der Waals surface area (Å²) in [5.74, 6) is 0.760. The number of carbonyl (C=O) groups excluding carboxylic acids is 1. The average molecular weight is 339 g/mol. The highest BCUT2D eigenvalue weighted by atomic mass is 19.1. The standard InChI is InChI=1S/C20H22FN3O/c1-15-23-18-5-2-3-6-19(18)24(15)14-4-13-22-20(25)12-9-16-7-10-17(21)11-8-16/h2-3,5-8,10-11H,4,9,12-14H2,1H3,(H,22,25). The number of nitrogens with one attached hydrogen (secondary N) is 1. The van der Waals surface area contributed by atoms with Gasteiger partial charge in [0.15, 0.2) is 0 Å². The van der Waals surface area contributed by atoms with Crippen LogP contribution in [-0.4, -0.2) is 22.0 Å². The molecule has 0 atom stereocenters. The van der Waals surface area contributed by atoms with Gasteiger partial charge in [-0.1, -0.05) is 24.3 Å². The number of imidazole rings is 1. The zero-order valence-corrected chi connectivity index (χ0v) is 14.3. The second-order valence-corrected chi connectivity index (χ2v) is 6.13. The smallest absolute Gasteiger partial charge is 0.220 e. The Labute approximate surface area is 146 Å². The summed E-state index contributed by atoms with van der Waals surface area (Å²) in [5, 5.41) is 2.95. The maximum atomic E-state index is 12.8. The fourth-order valence-corrected chi connectivity index (χ4v) is 2.94. The Morgan fingerprint density at radius 2 is 1.92 bits per heavy atom. The van der Waals surface area contributed by atoms with Gasteiger partial charge >= 0.3 is 0 Å². The molecule has 0 spiro atoms. The zero-order chi connectivity index (χ0) is 17.6. The Morgan fingerprint density at radius 1 is 1.16 bits per heavy atom. The molecule has 2 aromatic carbocycles. The zero-order valence-electron chi connectivity index (χ0n) is 14.3. The minimum atomic E-state index is -0.254. The van der Waals surface area contributed by atoms with Gasteiger partial charge in [0.2, 0.25) is 5.91 Å². The number of halogens is 1. The number of rotatable bonds is 7. The third-order valence-corrected chi connectivity index (χ3v) is 4.28. The molecule has 0 aliphatic carbocycles. The molecule has 1 amide bonds. The molecule has 3 aromatic rings. The summed E-state index contributed by atoms with van der Waals surface area (Å²) >= 11 is 0. The van der Waals surface area contributed by atoms with E-state index in [4.69, 9.17) is 0 Å². The highest BCUT2D eigenvalue weighted by Gasteiger charge is 2.07. The van der Waals surface area contributed by atoms with E-state index < -0.39 is 0 Å². The van der Waals surface area contributed by atoms with Crippen molar-refractivity contribution >= 4 is 16.9 Å². The number of benzene rings is 2. The van der Waals surface area contributed by atoms with Crippen molar-refractivity contribution in [3.63, 3.8) is 0 Å². The Bertz CT molecular complexity index is 855. The van der Waals surface area contributed by atoms with E-state index in [1.54, 1.807) is 12.1 Å². The second-order valence-electron chi connectivity index (χ2n) is 6.13. The van der Waals surface area contributed by atoms with Crippen molar-refractivity contribution in [3.05, 3.63) is 65.7 Å². The molecule has 1 N–H and O–H groups in total. The van der Waals surface area contributed by atoms with Crippen molar-refractivity contribution in [2.45, 2.75) is 32.7 Å². The van der Waals surface area contributed by atoms with Gasteiger partial charge in [-0.2, -0.15) is 0 Å². The van der Waals surface area contributed by atoms with Crippen LogP contribution in [0, 0.1) is 12.7 Å². The molecule has 0 saturated carbocycles. The third kappa shape index (κ3) is 4.44. The largest absolute Gasteiger partial charge is 0.356 e. The summed E-state index contributed by atoms with van der Waals surface area (Å²) < 4.78 is 15.0. The number of amides is 1. The monoisotopic (exact) mass is 339 g/mol. The normalized spacial score (nSPS) is 11.0. The van der Waals surface area contributed by atoms with Crippen LogP contribution < -0.4 is 5.32 Å². The van der Waals surface area contributed by atoms with Gasteiger partial charge in [-0.25, -0.2) is 9.37 Å². The summed E-state index contributed by atoms with van der Waals surface area (Å²) in [4.78, 5) is 16.5. The number of aromatic nitrogens is 2. The molecule has 0 unspecified atom stereocenters. The van der Waals surface area contributed by atoms with Crippen molar-refractivity contribution < 1.29 is 9.18 Å². The summed E-state index contributed by atoms with van der Waals surface area (Å²) in [6.07, 6.45) is 1.89. The molecule has 0 saturated heterocycles. The van der Waals surface area contributed by atoms with E-state index in [9.17, 15) is 9.18 Å². The lowest BCUT2D eigenvalue weighted by Gasteiger charge is -2.08. The molecule has 0 aliphatic heterocycles. The van der Waals surface area contributed by atoms with E-state index >= 15 is 0 Å². The summed E-state index contributed by atoms with van der Waals surface area (Å²) in [7, 11) is 0. The Hall–Kier alpha value is -2.69. The first-order valence-electron chi connectivity index (χ1n) is 8.56. The topological polar surface area (TPSA) is 46.9 Å². The number of aryl methyl sites for hydroxylation is 3. The number of hydrogen-bond donors (Lipinski definition) is 1. The minimum absolute atomic E-state index is 0.0246. The van der Waals surface area contributed by atoms with E-state index in [-0.39, 0.29) is 11.7 Å². The fraction of sp³-hybridized carbons (Fsp3) is 0.300. The second kappa shape index (κ2) is 7.92. The van der Waals surface area contributed by atoms with Crippen LogP contribution in [0.1, 0.15) is 24.2 Å². The number of para-hydroxylation sites is 2. The van der Waals surface area contributed by atoms with Gasteiger partial charge in [-0.05, 0) is 49.6 Å². The van der Waals surface area contributed by atoms with Crippen molar-refractivity contribution in [2.75, 3.05) is 6.54 Å². The number of fused-ring (bicyclic) bond motifs is 1. The number of nitrogens with zero attached hydrogens (tertiary/aromatic N) is 2. The van der Waals surface area contributed by atoms with E-state index in [0.29, 0.717) is 19.4 Å². The van der Waals surface area contributed by atoms with Crippen molar-refractivity contribution in [2.24, 2.45) is 0 Å². The lowest BCUT2D eigenvalue weighted by atomic mass is 10.1. The maximum absolute atomic E-state index is 12.8. The third-order valence-electron chi connectivity index (χ3n) is 4.28. The van der Waals surface area contributed by atoms with E-state index in [1.807, 2.05) is 25.1 Å². The van der Waals surface area contributed by atoms with E-state index in [1.165, 1.54) is 12.1 Å². The van der Waals surface area contributed by atoms with Crippen LogP contribution in [0.15, 0.2) is 48.5 Å². The molecule has 5 heteroatoms. The SMILES string of the molecule is Cc1nc2ccccc2n1CCCNC(=O)CCc1ccc(F)cc1. The molecule has 0 bridgehead atoms. The molecular weight excluding hydrogens is 317 g/mol. The van der Waals surface area contributed by atoms with Gasteiger partial charge in [0.05, 0.1) is 11.0 Å². The molecule has 0 radical (unpaired) electrons. The van der Waals surface area contributed by atoms with Crippen LogP contribution in [0.25, 0.3) is 11.0 Å². The van der Waals surface area contributed by atoms with Crippen molar-refractivity contribution in [3.8, 4) is 0 Å². The number of hydrogen-bond acceptors (Lipinski definition) is 2. The fourth-order valence-electron chi connectivity index (χ4n) is 2.94. The lowest BCUT2D eigenvalue weighted by Crippen LogP contribution is -2.25. The Kier molecular flexibility index (Phi) is 5.43. The first kappa shape index (κ1) is 17.1. The Morgan fingerprint density at radius 3 is 2.72 bits per heavy atom. The minimum Gasteiger partial charge on any atom is -0.356 e. The van der Waals surface area contributed by atoms with Gasteiger partial charge in [0.25, 0.3) is 0 Å². The maximum Gasteiger partial charge on any atom is 0.220 e. The van der Waals surface area contributed by atoms with Crippen LogP contribution >= 0.6 is 0 Å². The highest BCUT2D eigenvalue weighted by Crippen LogP contribution is 2.15. The van der Waals surface area contributed by atoms with Crippen LogP contribution in [0.5, 0.6) is 0 Å². The molecule has 1 aromatic heterocycles. The van der Waals surface area contributed by atoms with E-state index in [2.05, 4.69) is 20.9 Å². The predicted octanol–water partition coefficient (Wildman–Crippen LogP) is 3.62. The van der Waals surface area contributed by atoms with Crippen LogP contribution in [0.3, 0.4) is 0 Å². The van der Waals surface area contributed by atoms with Gasteiger partial charge in [-0.15, -0.1) is 0 Å². The number of carbonyl (C=O) groups is 1. The van der Waals surface area contributed by atoms with Gasteiger partial charge < -0.3 is 9.88 Å². The molecule has 3 rings (SSSR count). The highest BCUT2D eigenvalue weighted by molar-refractivity contribution is 5.76. The van der Waals surface area contributed by atoms with Gasteiger partial charge in [0, 0.05) is 19.5 Å². The first-order chi connectivity index (χ1) is 12.1. The van der Waals surface area contributed by atoms with Crippen LogP contribution in [0.4, 0.5) is 4.39 Å².